The molecular weight excluding hydrogens is 506 g/mol. The Labute approximate surface area is 257 Å². The van der Waals surface area contributed by atoms with Crippen molar-refractivity contribution < 1.29 is 14.3 Å². The molecule has 0 radical (unpaired) electrons. The van der Waals surface area contributed by atoms with Gasteiger partial charge in [0.25, 0.3) is 0 Å². The van der Waals surface area contributed by atoms with E-state index >= 15 is 0 Å². The van der Waals surface area contributed by atoms with Gasteiger partial charge in [0, 0.05) is 26.1 Å². The fourth-order valence-electron chi connectivity index (χ4n) is 4.91. The van der Waals surface area contributed by atoms with Gasteiger partial charge in [-0.2, -0.15) is 0 Å². The van der Waals surface area contributed by atoms with Crippen LogP contribution in [0.15, 0.2) is 24.3 Å². The fourth-order valence-corrected chi connectivity index (χ4v) is 4.91. The van der Waals surface area contributed by atoms with Crippen molar-refractivity contribution in [3.63, 3.8) is 0 Å². The summed E-state index contributed by atoms with van der Waals surface area (Å²) in [6.45, 7) is 8.29. The van der Waals surface area contributed by atoms with Crippen LogP contribution < -0.4 is 0 Å². The van der Waals surface area contributed by atoms with Crippen LogP contribution in [0.2, 0.25) is 0 Å². The minimum Gasteiger partial charge on any atom is -0.464 e. The molecule has 0 N–H and O–H groups in total. The van der Waals surface area contributed by atoms with Crippen LogP contribution in [-0.4, -0.2) is 50.8 Å². The maximum atomic E-state index is 12.0. The van der Waals surface area contributed by atoms with E-state index in [1.165, 1.54) is 128 Å². The van der Waals surface area contributed by atoms with Crippen LogP contribution in [0.5, 0.6) is 0 Å². The summed E-state index contributed by atoms with van der Waals surface area (Å²) in [6.07, 6.45) is 39.5. The maximum absolute atomic E-state index is 12.0. The summed E-state index contributed by atoms with van der Waals surface area (Å²) < 4.78 is 11.2. The number of likely N-dealkylation sites (N-methyl/N-ethyl adjacent to an activating group) is 1. The van der Waals surface area contributed by atoms with Crippen molar-refractivity contribution in [3.8, 4) is 0 Å². The molecule has 242 valence electrons. The zero-order valence-corrected chi connectivity index (χ0v) is 28.0. The Morgan fingerprint density at radius 2 is 0.927 bits per heavy atom. The number of hydrogen-bond donors (Lipinski definition) is 0. The van der Waals surface area contributed by atoms with Gasteiger partial charge in [0.2, 0.25) is 0 Å². The smallest absolute Gasteiger partial charge is 0.305 e. The monoisotopic (exact) mass is 578 g/mol. The van der Waals surface area contributed by atoms with E-state index in [4.69, 9.17) is 9.47 Å². The summed E-state index contributed by atoms with van der Waals surface area (Å²) in [6, 6.07) is 0. The first-order chi connectivity index (χ1) is 20.2. The van der Waals surface area contributed by atoms with Gasteiger partial charge in [0.05, 0.1) is 6.61 Å². The molecule has 0 aliphatic heterocycles. The lowest BCUT2D eigenvalue weighted by Crippen LogP contribution is -2.28. The van der Waals surface area contributed by atoms with Gasteiger partial charge in [0.1, 0.15) is 6.61 Å². The highest BCUT2D eigenvalue weighted by molar-refractivity contribution is 5.69. The molecule has 0 heterocycles. The number of hydrogen-bond acceptors (Lipinski definition) is 4. The normalized spacial score (nSPS) is 11.9. The second-order valence-corrected chi connectivity index (χ2v) is 12.0. The minimum atomic E-state index is -0.0464. The molecule has 0 spiro atoms. The van der Waals surface area contributed by atoms with Gasteiger partial charge in [0.15, 0.2) is 0 Å². The van der Waals surface area contributed by atoms with Crippen LogP contribution in [0.25, 0.3) is 0 Å². The van der Waals surface area contributed by atoms with Crippen LogP contribution in [0.1, 0.15) is 168 Å². The second-order valence-electron chi connectivity index (χ2n) is 12.0. The third-order valence-corrected chi connectivity index (χ3v) is 7.80. The number of ether oxygens (including phenoxy) is 2. The van der Waals surface area contributed by atoms with Crippen molar-refractivity contribution in [1.29, 1.82) is 0 Å². The Balaban J connectivity index is 3.32. The number of allylic oxidation sites excluding steroid dienone is 4. The highest BCUT2D eigenvalue weighted by Crippen LogP contribution is 2.10. The molecule has 4 heteroatoms. The van der Waals surface area contributed by atoms with Gasteiger partial charge in [-0.1, -0.05) is 122 Å². The maximum Gasteiger partial charge on any atom is 0.305 e. The molecule has 0 unspecified atom stereocenters. The summed E-state index contributed by atoms with van der Waals surface area (Å²) >= 11 is 0. The average Bonchev–Trinajstić information content (AvgIpc) is 2.97. The van der Waals surface area contributed by atoms with E-state index in [9.17, 15) is 4.79 Å². The Bertz CT molecular complexity index is 575. The van der Waals surface area contributed by atoms with Crippen molar-refractivity contribution >= 4 is 5.97 Å². The van der Waals surface area contributed by atoms with Crippen LogP contribution in [0.3, 0.4) is 0 Å². The van der Waals surface area contributed by atoms with Crippen molar-refractivity contribution in [2.24, 2.45) is 0 Å². The molecule has 0 fully saturated rings. The first-order valence-corrected chi connectivity index (χ1v) is 17.9. The molecule has 0 atom stereocenters. The van der Waals surface area contributed by atoms with Crippen molar-refractivity contribution in [3.05, 3.63) is 24.3 Å². The van der Waals surface area contributed by atoms with Gasteiger partial charge in [-0.15, -0.1) is 0 Å². The van der Waals surface area contributed by atoms with E-state index < -0.39 is 0 Å². The molecule has 0 rings (SSSR count). The average molecular weight is 578 g/mol. The number of rotatable bonds is 33. The van der Waals surface area contributed by atoms with E-state index in [0.717, 1.165) is 45.6 Å². The minimum absolute atomic E-state index is 0.0464. The topological polar surface area (TPSA) is 38.8 Å². The summed E-state index contributed by atoms with van der Waals surface area (Å²) in [5.41, 5.74) is 0. The third-order valence-electron chi connectivity index (χ3n) is 7.80. The predicted octanol–water partition coefficient (Wildman–Crippen LogP) is 11.0. The summed E-state index contributed by atoms with van der Waals surface area (Å²) in [4.78, 5) is 14.2. The van der Waals surface area contributed by atoms with Crippen LogP contribution >= 0.6 is 0 Å². The summed E-state index contributed by atoms with van der Waals surface area (Å²) in [5, 5.41) is 0. The number of nitrogens with zero attached hydrogens (tertiary/aromatic N) is 1. The standard InChI is InChI=1S/C37H71NO3/c1-4-6-8-10-12-14-16-18-20-22-24-26-28-30-34-40-35-32-38(3)33-36-41-37(39)31-29-27-25-23-21-19-17-15-13-11-9-7-5-2/h14-17H,4-13,18-36H2,1-3H3/b16-14+,17-15+. The number of unbranched alkanes of at least 4 members (excludes halogenated alkanes) is 19. The quantitative estimate of drug-likeness (QED) is 0.0442. The van der Waals surface area contributed by atoms with Crippen molar-refractivity contribution in [2.45, 2.75) is 168 Å². The molecule has 41 heavy (non-hydrogen) atoms. The lowest BCUT2D eigenvalue weighted by molar-refractivity contribution is -0.144. The van der Waals surface area contributed by atoms with Crippen LogP contribution in [0.4, 0.5) is 0 Å². The van der Waals surface area contributed by atoms with E-state index in [1.54, 1.807) is 0 Å². The molecule has 4 nitrogen and oxygen atoms in total. The van der Waals surface area contributed by atoms with E-state index in [2.05, 4.69) is 50.1 Å². The van der Waals surface area contributed by atoms with E-state index in [0.29, 0.717) is 13.0 Å². The lowest BCUT2D eigenvalue weighted by atomic mass is 10.1. The molecule has 0 aliphatic carbocycles. The zero-order valence-electron chi connectivity index (χ0n) is 28.0. The van der Waals surface area contributed by atoms with E-state index in [-0.39, 0.29) is 5.97 Å². The Morgan fingerprint density at radius 1 is 0.512 bits per heavy atom. The molecule has 0 aromatic carbocycles. The van der Waals surface area contributed by atoms with Gasteiger partial charge in [-0.25, -0.2) is 0 Å². The van der Waals surface area contributed by atoms with Gasteiger partial charge in [-0.3, -0.25) is 4.79 Å². The molecule has 0 aromatic heterocycles. The zero-order chi connectivity index (χ0) is 29.9. The molecule has 0 saturated carbocycles. The molecular formula is C37H71NO3. The first kappa shape index (κ1) is 39.9. The van der Waals surface area contributed by atoms with Gasteiger partial charge in [-0.05, 0) is 71.3 Å². The van der Waals surface area contributed by atoms with Crippen molar-refractivity contribution in [2.75, 3.05) is 40.0 Å². The highest BCUT2D eigenvalue weighted by atomic mass is 16.5. The molecule has 0 aliphatic rings. The number of esters is 1. The first-order valence-electron chi connectivity index (χ1n) is 17.9. The number of carbonyl (C=O) groups is 1. The molecule has 0 amide bonds. The predicted molar refractivity (Wildman–Crippen MR) is 180 cm³/mol. The second kappa shape index (κ2) is 35.1. The van der Waals surface area contributed by atoms with Gasteiger partial charge < -0.3 is 14.4 Å². The van der Waals surface area contributed by atoms with Crippen LogP contribution in [0, 0.1) is 0 Å². The molecule has 0 aromatic rings. The van der Waals surface area contributed by atoms with Crippen molar-refractivity contribution in [1.82, 2.24) is 4.90 Å². The SMILES string of the molecule is CCCCCC/C=C/CCCCCCCCOCCN(C)CCOC(=O)CCCCCCC/C=C/CCCCCC. The fraction of sp³-hybridized carbons (Fsp3) is 0.865. The van der Waals surface area contributed by atoms with Gasteiger partial charge >= 0.3 is 5.97 Å². The largest absolute Gasteiger partial charge is 0.464 e. The Hall–Kier alpha value is -1.13. The summed E-state index contributed by atoms with van der Waals surface area (Å²) in [7, 11) is 2.07. The Morgan fingerprint density at radius 3 is 1.44 bits per heavy atom. The highest BCUT2D eigenvalue weighted by Gasteiger charge is 2.04. The lowest BCUT2D eigenvalue weighted by Gasteiger charge is -2.16. The van der Waals surface area contributed by atoms with E-state index in [1.807, 2.05) is 0 Å². The molecule has 0 bridgehead atoms. The Kier molecular flexibility index (Phi) is 34.1. The third kappa shape index (κ3) is 35.0. The van der Waals surface area contributed by atoms with Crippen LogP contribution in [-0.2, 0) is 14.3 Å². The molecule has 0 saturated heterocycles. The number of carbonyl (C=O) groups excluding carboxylic acids is 1. The summed E-state index contributed by atoms with van der Waals surface area (Å²) in [5.74, 6) is -0.0464.